The van der Waals surface area contributed by atoms with Crippen LogP contribution in [-0.4, -0.2) is 23.7 Å². The van der Waals surface area contributed by atoms with Gasteiger partial charge in [0.1, 0.15) is 11.6 Å². The molecule has 204 valence electrons. The Morgan fingerprint density at radius 2 is 1.80 bits per heavy atom. The molecule has 1 N–H and O–H groups in total. The van der Waals surface area contributed by atoms with Crippen molar-refractivity contribution in [3.63, 3.8) is 0 Å². The number of nitro benzene ring substituents is 1. The van der Waals surface area contributed by atoms with Crippen molar-refractivity contribution in [1.29, 1.82) is 0 Å². The summed E-state index contributed by atoms with van der Waals surface area (Å²) < 4.78 is 11.8. The quantitative estimate of drug-likeness (QED) is 0.124. The zero-order valence-corrected chi connectivity index (χ0v) is 22.9. The molecule has 1 aromatic heterocycles. The smallest absolute Gasteiger partial charge is 0.269 e. The van der Waals surface area contributed by atoms with Gasteiger partial charge in [-0.25, -0.2) is 4.99 Å². The van der Waals surface area contributed by atoms with Gasteiger partial charge in [-0.05, 0) is 91.8 Å². The normalized spacial score (nSPS) is 12.6. The van der Waals surface area contributed by atoms with Gasteiger partial charge >= 0.3 is 0 Å². The van der Waals surface area contributed by atoms with Gasteiger partial charge in [0.05, 0.1) is 17.1 Å². The van der Waals surface area contributed by atoms with Gasteiger partial charge in [-0.1, -0.05) is 18.2 Å². The maximum Gasteiger partial charge on any atom is 0.269 e. The van der Waals surface area contributed by atoms with E-state index in [0.29, 0.717) is 28.7 Å². The summed E-state index contributed by atoms with van der Waals surface area (Å²) in [6.45, 7) is 2.59. The number of para-hydroxylation sites is 1. The number of amides is 1. The number of non-ortho nitro benzene ring substituents is 1. The van der Waals surface area contributed by atoms with Gasteiger partial charge < -0.3 is 14.8 Å². The van der Waals surface area contributed by atoms with Crippen molar-refractivity contribution in [2.24, 2.45) is 4.99 Å². The fourth-order valence-electron chi connectivity index (χ4n) is 4.59. The summed E-state index contributed by atoms with van der Waals surface area (Å²) in [5, 5.41) is 14.6. The van der Waals surface area contributed by atoms with E-state index < -0.39 is 4.92 Å². The van der Waals surface area contributed by atoms with E-state index in [1.165, 1.54) is 17.0 Å². The van der Waals surface area contributed by atoms with Crippen LogP contribution in [0.15, 0.2) is 77.8 Å². The molecular formula is C31H29N3O5S. The Hall–Kier alpha value is -4.50. The molecule has 8 nitrogen and oxygen atoms in total. The molecule has 3 aromatic carbocycles. The Labute approximate surface area is 236 Å². The highest BCUT2D eigenvalue weighted by Gasteiger charge is 2.25. The van der Waals surface area contributed by atoms with Crippen LogP contribution in [0.2, 0.25) is 0 Å². The van der Waals surface area contributed by atoms with Crippen LogP contribution < -0.4 is 14.8 Å². The number of thiophene rings is 1. The molecular weight excluding hydrogens is 526 g/mol. The van der Waals surface area contributed by atoms with Gasteiger partial charge in [0.25, 0.3) is 11.6 Å². The van der Waals surface area contributed by atoms with Crippen molar-refractivity contribution < 1.29 is 19.2 Å². The highest BCUT2D eigenvalue weighted by atomic mass is 32.1. The van der Waals surface area contributed by atoms with Gasteiger partial charge in [-0.3, -0.25) is 14.9 Å². The van der Waals surface area contributed by atoms with E-state index in [2.05, 4.69) is 5.32 Å². The molecule has 0 bridgehead atoms. The molecule has 0 radical (unpaired) electrons. The molecule has 1 heterocycles. The number of ether oxygens (including phenoxy) is 2. The van der Waals surface area contributed by atoms with Crippen molar-refractivity contribution in [2.45, 2.75) is 39.2 Å². The molecule has 5 rings (SSSR count). The SMILES string of the molecule is CCOc1cc(C=Nc2sc3c(c2C(=O)Nc2ccccc2)CCCC3)ccc1OCc1ccc([N+](=O)[O-])cc1. The largest absolute Gasteiger partial charge is 0.490 e. The summed E-state index contributed by atoms with van der Waals surface area (Å²) in [6.07, 6.45) is 5.79. The first-order chi connectivity index (χ1) is 19.5. The predicted molar refractivity (Wildman–Crippen MR) is 158 cm³/mol. The van der Waals surface area contributed by atoms with Crippen molar-refractivity contribution in [2.75, 3.05) is 11.9 Å². The fraction of sp³-hybridized carbons (Fsp3) is 0.226. The monoisotopic (exact) mass is 555 g/mol. The molecule has 0 aliphatic heterocycles. The number of nitrogens with zero attached hydrogens (tertiary/aromatic N) is 2. The predicted octanol–water partition coefficient (Wildman–Crippen LogP) is 7.52. The molecule has 0 spiro atoms. The lowest BCUT2D eigenvalue weighted by atomic mass is 9.95. The van der Waals surface area contributed by atoms with Crippen LogP contribution in [0.5, 0.6) is 11.5 Å². The lowest BCUT2D eigenvalue weighted by Crippen LogP contribution is -2.14. The van der Waals surface area contributed by atoms with Gasteiger partial charge in [-0.15, -0.1) is 11.3 Å². The van der Waals surface area contributed by atoms with Crippen molar-refractivity contribution in [3.05, 3.63) is 110 Å². The molecule has 0 atom stereocenters. The van der Waals surface area contributed by atoms with Crippen LogP contribution in [0.1, 0.15) is 51.7 Å². The summed E-state index contributed by atoms with van der Waals surface area (Å²) in [5.41, 5.74) is 4.18. The van der Waals surface area contributed by atoms with Gasteiger partial charge in [-0.2, -0.15) is 0 Å². The maximum atomic E-state index is 13.4. The Bertz CT molecular complexity index is 1530. The number of aliphatic imine (C=N–C) groups is 1. The van der Waals surface area contributed by atoms with Gasteiger partial charge in [0.2, 0.25) is 0 Å². The third-order valence-electron chi connectivity index (χ3n) is 6.55. The molecule has 0 fully saturated rings. The third-order valence-corrected chi connectivity index (χ3v) is 7.75. The summed E-state index contributed by atoms with van der Waals surface area (Å²) in [6, 6.07) is 21.3. The van der Waals surface area contributed by atoms with E-state index in [4.69, 9.17) is 14.5 Å². The number of nitrogens with one attached hydrogen (secondary N) is 1. The Balaban J connectivity index is 1.36. The number of aryl methyl sites for hydroxylation is 1. The van der Waals surface area contributed by atoms with Crippen LogP contribution in [0.25, 0.3) is 0 Å². The summed E-state index contributed by atoms with van der Waals surface area (Å²) in [7, 11) is 0. The molecule has 1 aliphatic carbocycles. The molecule has 1 amide bonds. The number of rotatable bonds is 10. The Kier molecular flexibility index (Phi) is 8.51. The van der Waals surface area contributed by atoms with Crippen LogP contribution >= 0.6 is 11.3 Å². The van der Waals surface area contributed by atoms with Crippen molar-refractivity contribution >= 4 is 39.8 Å². The van der Waals surface area contributed by atoms with E-state index in [9.17, 15) is 14.9 Å². The molecule has 1 aliphatic rings. The number of hydrogen-bond acceptors (Lipinski definition) is 7. The highest BCUT2D eigenvalue weighted by molar-refractivity contribution is 7.16. The number of hydrogen-bond donors (Lipinski definition) is 1. The van der Waals surface area contributed by atoms with Gasteiger partial charge in [0.15, 0.2) is 11.5 Å². The molecule has 4 aromatic rings. The molecule has 0 saturated heterocycles. The van der Waals surface area contributed by atoms with Crippen molar-refractivity contribution in [3.8, 4) is 11.5 Å². The summed E-state index contributed by atoms with van der Waals surface area (Å²) >= 11 is 1.59. The lowest BCUT2D eigenvalue weighted by molar-refractivity contribution is -0.384. The van der Waals surface area contributed by atoms with Crippen LogP contribution in [0, 0.1) is 10.1 Å². The zero-order chi connectivity index (χ0) is 27.9. The average Bonchev–Trinajstić information content (AvgIpc) is 3.35. The van der Waals surface area contributed by atoms with Crippen LogP contribution in [0.4, 0.5) is 16.4 Å². The summed E-state index contributed by atoms with van der Waals surface area (Å²) in [4.78, 5) is 29.8. The van der Waals surface area contributed by atoms with E-state index >= 15 is 0 Å². The second-order valence-electron chi connectivity index (χ2n) is 9.32. The molecule has 40 heavy (non-hydrogen) atoms. The third kappa shape index (κ3) is 6.38. The highest BCUT2D eigenvalue weighted by Crippen LogP contribution is 2.40. The minimum Gasteiger partial charge on any atom is -0.490 e. The number of anilines is 1. The van der Waals surface area contributed by atoms with E-state index in [-0.39, 0.29) is 18.2 Å². The van der Waals surface area contributed by atoms with Crippen LogP contribution in [0.3, 0.4) is 0 Å². The average molecular weight is 556 g/mol. The Morgan fingerprint density at radius 1 is 1.02 bits per heavy atom. The Morgan fingerprint density at radius 3 is 2.55 bits per heavy atom. The number of carbonyl (C=O) groups excluding carboxylic acids is 1. The first-order valence-corrected chi connectivity index (χ1v) is 14.0. The molecule has 0 saturated carbocycles. The first kappa shape index (κ1) is 27.1. The van der Waals surface area contributed by atoms with E-state index in [0.717, 1.165) is 48.1 Å². The first-order valence-electron chi connectivity index (χ1n) is 13.2. The van der Waals surface area contributed by atoms with Crippen LogP contribution in [-0.2, 0) is 19.4 Å². The van der Waals surface area contributed by atoms with E-state index in [1.54, 1.807) is 29.7 Å². The number of fused-ring (bicyclic) bond motifs is 1. The number of carbonyl (C=O) groups is 1. The van der Waals surface area contributed by atoms with Gasteiger partial charge in [0, 0.05) is 28.9 Å². The topological polar surface area (TPSA) is 103 Å². The lowest BCUT2D eigenvalue weighted by Gasteiger charge is -2.13. The second-order valence-corrected chi connectivity index (χ2v) is 10.4. The second kappa shape index (κ2) is 12.6. The number of nitro groups is 1. The fourth-order valence-corrected chi connectivity index (χ4v) is 5.82. The number of benzene rings is 3. The minimum atomic E-state index is -0.428. The summed E-state index contributed by atoms with van der Waals surface area (Å²) in [5.74, 6) is 0.996. The minimum absolute atomic E-state index is 0.0368. The molecule has 9 heteroatoms. The van der Waals surface area contributed by atoms with E-state index in [1.807, 2.05) is 55.5 Å². The van der Waals surface area contributed by atoms with Crippen molar-refractivity contribution in [1.82, 2.24) is 0 Å². The maximum absolute atomic E-state index is 13.4. The zero-order valence-electron chi connectivity index (χ0n) is 22.1. The standard InChI is InChI=1S/C31H29N3O5S/c1-2-38-27-18-22(14-17-26(27)39-20-21-12-15-24(16-13-21)34(36)37)19-32-31-29(25-10-6-7-11-28(25)40-31)30(35)33-23-8-4-3-5-9-23/h3-5,8-9,12-19H,2,6-7,10-11,20H2,1H3,(H,33,35). The molecule has 0 unspecified atom stereocenters.